The minimum atomic E-state index is -4.80. The number of nitrogens with zero attached hydrogens (tertiary/aromatic N) is 2. The summed E-state index contributed by atoms with van der Waals surface area (Å²) >= 11 is 0. The molecule has 0 radical (unpaired) electrons. The van der Waals surface area contributed by atoms with Gasteiger partial charge in [-0.15, -0.1) is 13.2 Å². The van der Waals surface area contributed by atoms with Crippen molar-refractivity contribution in [2.24, 2.45) is 5.73 Å². The van der Waals surface area contributed by atoms with Gasteiger partial charge in [-0.2, -0.15) is 15.4 Å². The molecule has 0 aliphatic carbocycles. The fourth-order valence-electron chi connectivity index (χ4n) is 1.64. The van der Waals surface area contributed by atoms with Crippen LogP contribution in [0, 0.1) is 6.92 Å². The number of aryl methyl sites for hydroxylation is 1. The molecule has 1 amide bonds. The highest BCUT2D eigenvalue weighted by molar-refractivity contribution is 5.97. The van der Waals surface area contributed by atoms with Crippen LogP contribution in [-0.4, -0.2) is 27.7 Å². The molecule has 20 heavy (non-hydrogen) atoms. The topological polar surface area (TPSA) is 93.9 Å². The number of H-pyrrole nitrogens is 1. The molecule has 0 aliphatic heterocycles. The van der Waals surface area contributed by atoms with Gasteiger partial charge >= 0.3 is 6.36 Å². The molecule has 9 heteroatoms. The van der Waals surface area contributed by atoms with Gasteiger partial charge in [0.2, 0.25) is 0 Å². The van der Waals surface area contributed by atoms with E-state index in [-0.39, 0.29) is 17.0 Å². The average molecular weight is 286 g/mol. The molecule has 0 bridgehead atoms. The van der Waals surface area contributed by atoms with Crippen LogP contribution in [0.3, 0.4) is 0 Å². The van der Waals surface area contributed by atoms with Crippen LogP contribution >= 0.6 is 0 Å². The third-order valence-corrected chi connectivity index (χ3v) is 2.48. The van der Waals surface area contributed by atoms with Crippen LogP contribution in [0.1, 0.15) is 16.1 Å². The number of halogens is 3. The van der Waals surface area contributed by atoms with Crippen molar-refractivity contribution in [3.8, 4) is 17.0 Å². The Hall–Kier alpha value is -2.58. The molecule has 0 atom stereocenters. The van der Waals surface area contributed by atoms with Crippen molar-refractivity contribution in [1.29, 1.82) is 0 Å². The molecule has 0 saturated carbocycles. The Morgan fingerprint density at radius 3 is 2.65 bits per heavy atom. The standard InChI is InChI=1S/C11H9F3N4O2/c1-5-2-3-6(20-11(12,13)14)4-7(5)8-9(10(15)19)17-18-16-8/h2-4H,1H3,(H2,15,19)(H,16,17,18). The van der Waals surface area contributed by atoms with Gasteiger partial charge in [0.15, 0.2) is 5.69 Å². The van der Waals surface area contributed by atoms with Gasteiger partial charge in [-0.05, 0) is 24.6 Å². The Morgan fingerprint density at radius 2 is 2.05 bits per heavy atom. The van der Waals surface area contributed by atoms with E-state index < -0.39 is 18.0 Å². The quantitative estimate of drug-likeness (QED) is 0.899. The number of carbonyl (C=O) groups excluding carboxylic acids is 1. The number of primary amides is 1. The zero-order chi connectivity index (χ0) is 14.9. The van der Waals surface area contributed by atoms with Crippen molar-refractivity contribution >= 4 is 5.91 Å². The van der Waals surface area contributed by atoms with E-state index in [4.69, 9.17) is 5.73 Å². The molecule has 3 N–H and O–H groups in total. The first kappa shape index (κ1) is 13.8. The zero-order valence-electron chi connectivity index (χ0n) is 10.2. The van der Waals surface area contributed by atoms with E-state index in [0.717, 1.165) is 12.1 Å². The second-order valence-electron chi connectivity index (χ2n) is 3.91. The first-order valence-corrected chi connectivity index (χ1v) is 5.35. The minimum Gasteiger partial charge on any atom is -0.406 e. The number of aromatic nitrogens is 3. The van der Waals surface area contributed by atoms with Crippen LogP contribution in [0.25, 0.3) is 11.3 Å². The van der Waals surface area contributed by atoms with Crippen molar-refractivity contribution in [3.05, 3.63) is 29.5 Å². The Morgan fingerprint density at radius 1 is 1.35 bits per heavy atom. The van der Waals surface area contributed by atoms with E-state index in [1.807, 2.05) is 0 Å². The van der Waals surface area contributed by atoms with Crippen molar-refractivity contribution in [1.82, 2.24) is 15.4 Å². The summed E-state index contributed by atoms with van der Waals surface area (Å²) in [7, 11) is 0. The number of aromatic amines is 1. The van der Waals surface area contributed by atoms with Gasteiger partial charge in [-0.1, -0.05) is 6.07 Å². The predicted octanol–water partition coefficient (Wildman–Crippen LogP) is 1.78. The van der Waals surface area contributed by atoms with Gasteiger partial charge in [-0.25, -0.2) is 0 Å². The number of nitrogens with two attached hydrogens (primary N) is 1. The van der Waals surface area contributed by atoms with Gasteiger partial charge in [0, 0.05) is 5.56 Å². The number of rotatable bonds is 3. The second-order valence-corrected chi connectivity index (χ2v) is 3.91. The maximum absolute atomic E-state index is 12.2. The monoisotopic (exact) mass is 286 g/mol. The number of benzene rings is 1. The number of nitrogens with one attached hydrogen (secondary N) is 1. The highest BCUT2D eigenvalue weighted by Crippen LogP contribution is 2.30. The molecule has 2 aromatic rings. The Kier molecular flexibility index (Phi) is 3.35. The molecule has 0 fully saturated rings. The SMILES string of the molecule is Cc1ccc(OC(F)(F)F)cc1-c1n[nH]nc1C(N)=O. The summed E-state index contributed by atoms with van der Waals surface area (Å²) in [6.45, 7) is 1.64. The molecule has 1 aromatic carbocycles. The average Bonchev–Trinajstić information content (AvgIpc) is 2.78. The third-order valence-electron chi connectivity index (χ3n) is 2.48. The predicted molar refractivity (Wildman–Crippen MR) is 61.8 cm³/mol. The van der Waals surface area contributed by atoms with Gasteiger partial charge < -0.3 is 10.5 Å². The van der Waals surface area contributed by atoms with Crippen molar-refractivity contribution in [2.45, 2.75) is 13.3 Å². The molecule has 6 nitrogen and oxygen atoms in total. The molecular weight excluding hydrogens is 277 g/mol. The van der Waals surface area contributed by atoms with Gasteiger partial charge in [0.05, 0.1) is 0 Å². The number of hydrogen-bond donors (Lipinski definition) is 2. The first-order chi connectivity index (χ1) is 9.28. The van der Waals surface area contributed by atoms with Crippen molar-refractivity contribution in [2.75, 3.05) is 0 Å². The molecule has 0 aliphatic rings. The van der Waals surface area contributed by atoms with Gasteiger partial charge in [-0.3, -0.25) is 4.79 Å². The summed E-state index contributed by atoms with van der Waals surface area (Å²) in [6.07, 6.45) is -4.80. The summed E-state index contributed by atoms with van der Waals surface area (Å²) in [5, 5.41) is 9.51. The largest absolute Gasteiger partial charge is 0.573 e. The normalized spacial score (nSPS) is 11.4. The van der Waals surface area contributed by atoms with Crippen molar-refractivity contribution < 1.29 is 22.7 Å². The second kappa shape index (κ2) is 4.83. The highest BCUT2D eigenvalue weighted by atomic mass is 19.4. The molecule has 0 unspecified atom stereocenters. The molecule has 106 valence electrons. The van der Waals surface area contributed by atoms with Crippen LogP contribution in [0.4, 0.5) is 13.2 Å². The van der Waals surface area contributed by atoms with Crippen molar-refractivity contribution in [3.63, 3.8) is 0 Å². The number of alkyl halides is 3. The zero-order valence-corrected chi connectivity index (χ0v) is 10.2. The van der Waals surface area contributed by atoms with Crippen LogP contribution < -0.4 is 10.5 Å². The Labute approximate surface area is 110 Å². The molecule has 2 rings (SSSR count). The number of carbonyl (C=O) groups is 1. The molecule has 1 heterocycles. The van der Waals surface area contributed by atoms with Gasteiger partial charge in [0.25, 0.3) is 5.91 Å². The maximum Gasteiger partial charge on any atom is 0.573 e. The summed E-state index contributed by atoms with van der Waals surface area (Å²) in [4.78, 5) is 11.2. The van der Waals surface area contributed by atoms with E-state index in [1.54, 1.807) is 6.92 Å². The number of hydrogen-bond acceptors (Lipinski definition) is 4. The van der Waals surface area contributed by atoms with Crippen LogP contribution in [-0.2, 0) is 0 Å². The number of ether oxygens (including phenoxy) is 1. The fraction of sp³-hybridized carbons (Fsp3) is 0.182. The lowest BCUT2D eigenvalue weighted by Gasteiger charge is -2.11. The summed E-state index contributed by atoms with van der Waals surface area (Å²) in [6, 6.07) is 3.69. The van der Waals surface area contributed by atoms with E-state index in [2.05, 4.69) is 20.1 Å². The molecular formula is C11H9F3N4O2. The van der Waals surface area contributed by atoms with E-state index >= 15 is 0 Å². The lowest BCUT2D eigenvalue weighted by Crippen LogP contribution is -2.17. The summed E-state index contributed by atoms with van der Waals surface area (Å²) in [5.74, 6) is -1.26. The Bertz CT molecular complexity index is 651. The lowest BCUT2D eigenvalue weighted by atomic mass is 10.0. The smallest absolute Gasteiger partial charge is 0.406 e. The van der Waals surface area contributed by atoms with E-state index in [1.165, 1.54) is 6.07 Å². The Balaban J connectivity index is 2.48. The van der Waals surface area contributed by atoms with Crippen LogP contribution in [0.5, 0.6) is 5.75 Å². The summed E-state index contributed by atoms with van der Waals surface area (Å²) in [5.41, 5.74) is 5.90. The molecule has 0 spiro atoms. The number of amides is 1. The van der Waals surface area contributed by atoms with Crippen LogP contribution in [0.15, 0.2) is 18.2 Å². The highest BCUT2D eigenvalue weighted by Gasteiger charge is 2.31. The van der Waals surface area contributed by atoms with E-state index in [0.29, 0.717) is 5.56 Å². The third kappa shape index (κ3) is 2.87. The van der Waals surface area contributed by atoms with Gasteiger partial charge in [0.1, 0.15) is 11.4 Å². The minimum absolute atomic E-state index is 0.0719. The molecule has 1 aromatic heterocycles. The summed E-state index contributed by atoms with van der Waals surface area (Å²) < 4.78 is 40.4. The van der Waals surface area contributed by atoms with Crippen LogP contribution in [0.2, 0.25) is 0 Å². The fourth-order valence-corrected chi connectivity index (χ4v) is 1.64. The lowest BCUT2D eigenvalue weighted by molar-refractivity contribution is -0.274. The maximum atomic E-state index is 12.2. The van der Waals surface area contributed by atoms with E-state index in [9.17, 15) is 18.0 Å². The molecule has 0 saturated heterocycles. The first-order valence-electron chi connectivity index (χ1n) is 5.35.